The van der Waals surface area contributed by atoms with Gasteiger partial charge >= 0.3 is 5.63 Å². The summed E-state index contributed by atoms with van der Waals surface area (Å²) in [6.07, 6.45) is 2.90. The maximum absolute atomic E-state index is 12.4. The number of aryl methyl sites for hydroxylation is 1. The summed E-state index contributed by atoms with van der Waals surface area (Å²) in [6, 6.07) is 15.5. The normalized spacial score (nSPS) is 15.7. The molecule has 0 aliphatic carbocycles. The molecule has 1 atom stereocenters. The van der Waals surface area contributed by atoms with E-state index in [1.165, 1.54) is 18.5 Å². The number of fused-ring (bicyclic) bond motifs is 1. The van der Waals surface area contributed by atoms with E-state index in [2.05, 4.69) is 46.4 Å². The maximum atomic E-state index is 12.4. The molecule has 162 valence electrons. The van der Waals surface area contributed by atoms with Gasteiger partial charge in [0, 0.05) is 31.6 Å². The van der Waals surface area contributed by atoms with Crippen molar-refractivity contribution in [1.29, 1.82) is 0 Å². The third-order valence-corrected chi connectivity index (χ3v) is 6.07. The molecule has 0 saturated carbocycles. The minimum absolute atomic E-state index is 0.107. The maximum Gasteiger partial charge on any atom is 0.358 e. The van der Waals surface area contributed by atoms with Crippen molar-refractivity contribution in [3.05, 3.63) is 70.2 Å². The Kier molecular flexibility index (Phi) is 6.35. The van der Waals surface area contributed by atoms with E-state index in [4.69, 9.17) is 4.42 Å². The Balaban J connectivity index is 1.32. The molecule has 31 heavy (non-hydrogen) atoms. The molecule has 6 heteroatoms. The van der Waals surface area contributed by atoms with Crippen molar-refractivity contribution in [2.45, 2.75) is 45.6 Å². The first-order chi connectivity index (χ1) is 15.0. The fourth-order valence-corrected chi connectivity index (χ4v) is 4.01. The second-order valence-corrected chi connectivity index (χ2v) is 8.47. The first kappa shape index (κ1) is 21.1. The minimum Gasteiger partial charge on any atom is -0.420 e. The standard InChI is InChI=1S/C25H29N3O3/c1-17-13-15-28(16-14-17)20-9-7-19(8-10-20)18(2)26-24(29)12-11-22-25(30)31-23-6-4-3-5-21(23)27-22/h3-10,17-18H,11-16H2,1-2H3,(H,26,29)/t18-/m0/s1. The van der Waals surface area contributed by atoms with Crippen LogP contribution in [-0.4, -0.2) is 24.0 Å². The highest BCUT2D eigenvalue weighted by atomic mass is 16.4. The van der Waals surface area contributed by atoms with Crippen LogP contribution in [0.5, 0.6) is 0 Å². The van der Waals surface area contributed by atoms with Gasteiger partial charge in [0.1, 0.15) is 11.2 Å². The Morgan fingerprint density at radius 1 is 1.16 bits per heavy atom. The quantitative estimate of drug-likeness (QED) is 0.647. The number of carbonyl (C=O) groups excluding carboxylic acids is 1. The van der Waals surface area contributed by atoms with Gasteiger partial charge in [-0.1, -0.05) is 31.2 Å². The van der Waals surface area contributed by atoms with Crippen LogP contribution in [0.2, 0.25) is 0 Å². The molecule has 1 aliphatic rings. The van der Waals surface area contributed by atoms with E-state index in [0.29, 0.717) is 11.1 Å². The fraction of sp³-hybridized carbons (Fsp3) is 0.400. The van der Waals surface area contributed by atoms with E-state index in [1.807, 2.05) is 13.0 Å². The van der Waals surface area contributed by atoms with Gasteiger partial charge < -0.3 is 14.6 Å². The van der Waals surface area contributed by atoms with Crippen LogP contribution in [0.4, 0.5) is 5.69 Å². The number of para-hydroxylation sites is 2. The summed E-state index contributed by atoms with van der Waals surface area (Å²) in [5.74, 6) is 0.692. The lowest BCUT2D eigenvalue weighted by Gasteiger charge is -2.32. The van der Waals surface area contributed by atoms with Crippen molar-refractivity contribution in [2.75, 3.05) is 18.0 Å². The number of nitrogens with one attached hydrogen (secondary N) is 1. The van der Waals surface area contributed by atoms with Gasteiger partial charge in [-0.15, -0.1) is 0 Å². The first-order valence-electron chi connectivity index (χ1n) is 11.0. The van der Waals surface area contributed by atoms with E-state index in [0.717, 1.165) is 24.6 Å². The number of rotatable bonds is 6. The fourth-order valence-electron chi connectivity index (χ4n) is 4.01. The molecular formula is C25H29N3O3. The molecule has 1 amide bonds. The van der Waals surface area contributed by atoms with Crippen molar-refractivity contribution in [3.63, 3.8) is 0 Å². The average Bonchev–Trinajstić information content (AvgIpc) is 2.78. The highest BCUT2D eigenvalue weighted by Gasteiger charge is 2.17. The summed E-state index contributed by atoms with van der Waals surface area (Å²) in [7, 11) is 0. The van der Waals surface area contributed by atoms with Crippen LogP contribution in [0, 0.1) is 5.92 Å². The Hall–Kier alpha value is -3.15. The van der Waals surface area contributed by atoms with Crippen LogP contribution in [0.15, 0.2) is 57.7 Å². The van der Waals surface area contributed by atoms with Gasteiger partial charge in [0.2, 0.25) is 5.91 Å². The van der Waals surface area contributed by atoms with E-state index < -0.39 is 5.63 Å². The highest BCUT2D eigenvalue weighted by Crippen LogP contribution is 2.24. The summed E-state index contributed by atoms with van der Waals surface area (Å²) >= 11 is 0. The largest absolute Gasteiger partial charge is 0.420 e. The SMILES string of the molecule is CC1CCN(c2ccc([C@H](C)NC(=O)CCc3nc4ccccc4oc3=O)cc2)CC1. The van der Waals surface area contributed by atoms with Crippen LogP contribution in [0.25, 0.3) is 11.1 Å². The lowest BCUT2D eigenvalue weighted by atomic mass is 9.98. The van der Waals surface area contributed by atoms with Crippen molar-refractivity contribution < 1.29 is 9.21 Å². The summed E-state index contributed by atoms with van der Waals surface area (Å²) in [4.78, 5) is 31.3. The predicted octanol–water partition coefficient (Wildman–Crippen LogP) is 4.23. The Labute approximate surface area is 182 Å². The van der Waals surface area contributed by atoms with E-state index in [-0.39, 0.29) is 30.5 Å². The number of nitrogens with zero attached hydrogens (tertiary/aromatic N) is 2. The van der Waals surface area contributed by atoms with E-state index in [1.54, 1.807) is 18.2 Å². The smallest absolute Gasteiger partial charge is 0.358 e. The molecule has 2 heterocycles. The molecule has 4 rings (SSSR count). The van der Waals surface area contributed by atoms with Gasteiger partial charge in [0.05, 0.1) is 6.04 Å². The molecule has 3 aromatic rings. The molecule has 1 aromatic heterocycles. The van der Waals surface area contributed by atoms with Gasteiger partial charge in [0.25, 0.3) is 0 Å². The van der Waals surface area contributed by atoms with Crippen molar-refractivity contribution >= 4 is 22.7 Å². The van der Waals surface area contributed by atoms with Crippen molar-refractivity contribution in [3.8, 4) is 0 Å². The van der Waals surface area contributed by atoms with Gasteiger partial charge in [-0.3, -0.25) is 4.79 Å². The highest BCUT2D eigenvalue weighted by molar-refractivity contribution is 5.77. The van der Waals surface area contributed by atoms with Crippen LogP contribution < -0.4 is 15.8 Å². The molecule has 1 aliphatic heterocycles. The number of hydrogen-bond acceptors (Lipinski definition) is 5. The summed E-state index contributed by atoms with van der Waals surface area (Å²) in [5, 5.41) is 3.01. The molecule has 1 fully saturated rings. The zero-order valence-electron chi connectivity index (χ0n) is 18.1. The number of piperidine rings is 1. The summed E-state index contributed by atoms with van der Waals surface area (Å²) < 4.78 is 5.29. The van der Waals surface area contributed by atoms with Crippen LogP contribution in [-0.2, 0) is 11.2 Å². The van der Waals surface area contributed by atoms with E-state index >= 15 is 0 Å². The van der Waals surface area contributed by atoms with Gasteiger partial charge in [-0.05, 0) is 55.5 Å². The number of hydrogen-bond donors (Lipinski definition) is 1. The molecule has 1 N–H and O–H groups in total. The second-order valence-electron chi connectivity index (χ2n) is 8.47. The zero-order chi connectivity index (χ0) is 21.8. The second kappa shape index (κ2) is 9.33. The monoisotopic (exact) mass is 419 g/mol. The molecule has 6 nitrogen and oxygen atoms in total. The number of carbonyl (C=O) groups is 1. The molecule has 2 aromatic carbocycles. The molecule has 0 spiro atoms. The molecule has 0 bridgehead atoms. The lowest BCUT2D eigenvalue weighted by Crippen LogP contribution is -2.32. The number of benzene rings is 2. The molecular weight excluding hydrogens is 390 g/mol. The van der Waals surface area contributed by atoms with Gasteiger partial charge in [-0.25, -0.2) is 9.78 Å². The summed E-state index contributed by atoms with van der Waals surface area (Å²) in [5.41, 5.74) is 3.17. The third kappa shape index (κ3) is 5.13. The predicted molar refractivity (Wildman–Crippen MR) is 122 cm³/mol. The topological polar surface area (TPSA) is 75.4 Å². The Bertz CT molecular complexity index is 1100. The van der Waals surface area contributed by atoms with Gasteiger partial charge in [0.15, 0.2) is 5.58 Å². The Morgan fingerprint density at radius 3 is 2.61 bits per heavy atom. The number of anilines is 1. The van der Waals surface area contributed by atoms with Crippen LogP contribution in [0.3, 0.4) is 0 Å². The number of aromatic nitrogens is 1. The number of amides is 1. The Morgan fingerprint density at radius 2 is 1.87 bits per heavy atom. The molecule has 1 saturated heterocycles. The zero-order valence-corrected chi connectivity index (χ0v) is 18.1. The third-order valence-electron chi connectivity index (χ3n) is 6.07. The first-order valence-corrected chi connectivity index (χ1v) is 11.0. The van der Waals surface area contributed by atoms with E-state index in [9.17, 15) is 9.59 Å². The molecule has 0 radical (unpaired) electrons. The van der Waals surface area contributed by atoms with Crippen molar-refractivity contribution in [1.82, 2.24) is 10.3 Å². The summed E-state index contributed by atoms with van der Waals surface area (Å²) in [6.45, 7) is 6.48. The minimum atomic E-state index is -0.484. The molecule has 0 unspecified atom stereocenters. The van der Waals surface area contributed by atoms with Crippen LogP contribution >= 0.6 is 0 Å². The van der Waals surface area contributed by atoms with Crippen molar-refractivity contribution in [2.24, 2.45) is 5.92 Å². The van der Waals surface area contributed by atoms with Gasteiger partial charge in [-0.2, -0.15) is 0 Å². The van der Waals surface area contributed by atoms with Crippen LogP contribution in [0.1, 0.15) is 50.4 Å². The lowest BCUT2D eigenvalue weighted by molar-refractivity contribution is -0.121. The average molecular weight is 420 g/mol.